The molecule has 0 saturated heterocycles. The van der Waals surface area contributed by atoms with Gasteiger partial charge in [0.1, 0.15) is 0 Å². The predicted molar refractivity (Wildman–Crippen MR) is 151 cm³/mol. The molecule has 132 valence electrons. The fraction of sp³-hybridized carbons (Fsp3) is 0. The summed E-state index contributed by atoms with van der Waals surface area (Å²) in [5.41, 5.74) is 0. The first-order chi connectivity index (χ1) is 8.49. The van der Waals surface area contributed by atoms with Crippen LogP contribution in [0.2, 0.25) is 0 Å². The average molecular weight is 476 g/mol. The van der Waals surface area contributed by atoms with E-state index in [1.165, 1.54) is 125 Å². The largest absolute Gasteiger partial charge is 0.374 e. The van der Waals surface area contributed by atoms with Crippen molar-refractivity contribution in [2.75, 3.05) is 0 Å². The molecule has 6 N–H and O–H groups in total. The zero-order valence-corrected chi connectivity index (χ0v) is 39.0. The number of nitrogens with one attached hydrogen (secondary N) is 6. The van der Waals surface area contributed by atoms with E-state index in [2.05, 4.69) is 27.9 Å². The summed E-state index contributed by atoms with van der Waals surface area (Å²) >= 11 is 0. The van der Waals surface area contributed by atoms with E-state index in [-0.39, 0.29) is 8.56 Å². The third-order valence-corrected chi connectivity index (χ3v) is 0. The molecule has 0 spiro atoms. The molecule has 0 rings (SSSR count). The van der Waals surface area contributed by atoms with Crippen molar-refractivity contribution in [3.8, 4) is 0 Å². The fourth-order valence-corrected chi connectivity index (χ4v) is 0. The molecule has 0 aliphatic heterocycles. The van der Waals surface area contributed by atoms with Crippen LogP contribution in [0.25, 0.3) is 0 Å². The summed E-state index contributed by atoms with van der Waals surface area (Å²) in [6.07, 6.45) is 0. The standard InChI is InChI=1S/6H7NSi2.6H2/c6*2-1-3;;;;;;/h6*1H,2-3H3;6*1H. The van der Waals surface area contributed by atoms with Crippen LogP contribution >= 0.6 is 0 Å². The lowest BCUT2D eigenvalue weighted by atomic mass is 13.9. The van der Waals surface area contributed by atoms with Gasteiger partial charge in [0.15, 0.2) is 0 Å². The van der Waals surface area contributed by atoms with E-state index in [1.807, 2.05) is 0 Å². The van der Waals surface area contributed by atoms with Gasteiger partial charge >= 0.3 is 0 Å². The van der Waals surface area contributed by atoms with Crippen molar-refractivity contribution in [2.24, 2.45) is 0 Å². The van der Waals surface area contributed by atoms with Gasteiger partial charge in [-0.25, -0.2) is 0 Å². The Labute approximate surface area is 161 Å². The SMILES string of the molecule is [HH].[HH].[HH].[HH].[HH].[HH].[SiH3]N[SiH3].[SiH3]N[SiH3].[SiH3]N[SiH3].[SiH3]N[SiH3].[SiH3]N[SiH3].[SiH3]N[SiH3]. The van der Waals surface area contributed by atoms with Gasteiger partial charge in [0.05, 0.1) is 125 Å². The molecule has 0 bridgehead atoms. The number of rotatable bonds is 0. The van der Waals surface area contributed by atoms with Crippen molar-refractivity contribution in [3.05, 3.63) is 0 Å². The molecule has 0 unspecified atom stereocenters. The smallest absolute Gasteiger partial charge is 0.0670 e. The van der Waals surface area contributed by atoms with E-state index >= 15 is 0 Å². The lowest BCUT2D eigenvalue weighted by molar-refractivity contribution is 1.68. The maximum absolute atomic E-state index is 3.03. The van der Waals surface area contributed by atoms with Gasteiger partial charge in [0, 0.05) is 8.56 Å². The third-order valence-electron chi connectivity index (χ3n) is 0. The minimum Gasteiger partial charge on any atom is -0.374 e. The van der Waals surface area contributed by atoms with Crippen LogP contribution < -0.4 is 27.9 Å². The van der Waals surface area contributed by atoms with Crippen LogP contribution in [0, 0.1) is 0 Å². The Morgan fingerprint density at radius 1 is 0.278 bits per heavy atom. The Morgan fingerprint density at radius 2 is 0.278 bits per heavy atom. The van der Waals surface area contributed by atoms with Crippen LogP contribution in [-0.4, -0.2) is 125 Å². The van der Waals surface area contributed by atoms with Gasteiger partial charge in [-0.05, 0) is 0 Å². The molecule has 18 heteroatoms. The van der Waals surface area contributed by atoms with E-state index < -0.39 is 0 Å². The van der Waals surface area contributed by atoms with Gasteiger partial charge in [-0.2, -0.15) is 0 Å². The van der Waals surface area contributed by atoms with E-state index in [4.69, 9.17) is 0 Å². The third kappa shape index (κ3) is 992. The molecule has 18 heavy (non-hydrogen) atoms. The molecule has 0 aromatic rings. The number of hydrogen-bond donors (Lipinski definition) is 6. The topological polar surface area (TPSA) is 72.2 Å². The highest BCUT2D eigenvalue weighted by atomic mass is 28.2. The van der Waals surface area contributed by atoms with Crippen molar-refractivity contribution in [3.63, 3.8) is 0 Å². The molecule has 0 aromatic carbocycles. The molecule has 0 aliphatic rings. The molecular weight excluding hydrogens is 421 g/mol. The molecule has 0 aliphatic carbocycles. The lowest BCUT2D eigenvalue weighted by Crippen LogP contribution is -1.97. The molecule has 0 radical (unpaired) electrons. The molecule has 6 nitrogen and oxygen atoms in total. The zero-order chi connectivity index (χ0) is 16.2. The summed E-state index contributed by atoms with van der Waals surface area (Å²) in [6, 6.07) is 0. The normalized spacial score (nSPS) is 8.00. The second-order valence-electron chi connectivity index (χ2n) is 3.00. The molecule has 0 fully saturated rings. The Balaban J connectivity index is -0.00000000686. The number of hydrogen-bond acceptors (Lipinski definition) is 6. The maximum atomic E-state index is 3.03. The van der Waals surface area contributed by atoms with Crippen LogP contribution in [0.4, 0.5) is 0 Å². The Morgan fingerprint density at radius 3 is 0.278 bits per heavy atom. The van der Waals surface area contributed by atoms with E-state index in [9.17, 15) is 0 Å². The lowest BCUT2D eigenvalue weighted by Gasteiger charge is -1.58. The highest BCUT2D eigenvalue weighted by molar-refractivity contribution is 6.26. The second-order valence-corrected chi connectivity index (χ2v) is 27.0. The van der Waals surface area contributed by atoms with Crippen LogP contribution in [-0.2, 0) is 0 Å². The maximum Gasteiger partial charge on any atom is 0.0670 e. The van der Waals surface area contributed by atoms with Gasteiger partial charge in [-0.1, -0.05) is 0 Å². The Hall–Kier alpha value is 2.36. The van der Waals surface area contributed by atoms with Crippen molar-refractivity contribution in [2.45, 2.75) is 0 Å². The molecular formula is H54N6Si12. The van der Waals surface area contributed by atoms with Gasteiger partial charge < -0.3 is 27.9 Å². The van der Waals surface area contributed by atoms with E-state index in [0.717, 1.165) is 0 Å². The van der Waals surface area contributed by atoms with Gasteiger partial charge in [-0.3, -0.25) is 0 Å². The Kier molecular flexibility index (Phi) is 192. The van der Waals surface area contributed by atoms with Gasteiger partial charge in [0.25, 0.3) is 0 Å². The van der Waals surface area contributed by atoms with Crippen LogP contribution in [0.1, 0.15) is 8.56 Å². The molecule has 0 saturated carbocycles. The van der Waals surface area contributed by atoms with Gasteiger partial charge in [0.2, 0.25) is 0 Å². The average Bonchev–Trinajstić information content (AvgIpc) is 2.23. The van der Waals surface area contributed by atoms with Crippen LogP contribution in [0.5, 0.6) is 0 Å². The summed E-state index contributed by atoms with van der Waals surface area (Å²) in [4.78, 5) is 0. The monoisotopic (exact) mass is 474 g/mol. The highest BCUT2D eigenvalue weighted by Gasteiger charge is 1.29. The minimum atomic E-state index is 0. The summed E-state index contributed by atoms with van der Waals surface area (Å²) in [5, 5.41) is 0. The van der Waals surface area contributed by atoms with Crippen molar-refractivity contribution in [1.29, 1.82) is 0 Å². The minimum absolute atomic E-state index is 0. The zero-order valence-electron chi connectivity index (χ0n) is 15.0. The van der Waals surface area contributed by atoms with E-state index in [0.29, 0.717) is 0 Å². The van der Waals surface area contributed by atoms with Crippen LogP contribution in [0.15, 0.2) is 0 Å². The second kappa shape index (κ2) is 93.4. The molecule has 0 atom stereocenters. The summed E-state index contributed by atoms with van der Waals surface area (Å²) in [6.45, 7) is 0. The Bertz CT molecular complexity index is 51.5. The molecule has 0 amide bonds. The summed E-state index contributed by atoms with van der Waals surface area (Å²) in [5.74, 6) is 0. The van der Waals surface area contributed by atoms with Crippen molar-refractivity contribution in [1.82, 2.24) is 27.9 Å². The van der Waals surface area contributed by atoms with Gasteiger partial charge in [-0.15, -0.1) is 0 Å². The molecule has 0 aromatic heterocycles. The summed E-state index contributed by atoms with van der Waals surface area (Å²) < 4.78 is 18.2. The predicted octanol–water partition coefficient (Wildman–Crippen LogP) is -15.7. The van der Waals surface area contributed by atoms with Crippen molar-refractivity contribution >= 4 is 125 Å². The molecule has 0 heterocycles. The first kappa shape index (κ1) is 37.0. The summed E-state index contributed by atoms with van der Waals surface area (Å²) in [7, 11) is 14.2. The van der Waals surface area contributed by atoms with Crippen molar-refractivity contribution < 1.29 is 8.56 Å². The fourth-order valence-electron chi connectivity index (χ4n) is 0. The highest BCUT2D eigenvalue weighted by Crippen LogP contribution is 0.894. The quantitative estimate of drug-likeness (QED) is 0.196. The first-order valence-corrected chi connectivity index (χ1v) is 18.0. The first-order valence-electron chi connectivity index (χ1n) is 6.00. The van der Waals surface area contributed by atoms with Crippen LogP contribution in [0.3, 0.4) is 0 Å². The van der Waals surface area contributed by atoms with E-state index in [1.54, 1.807) is 0 Å².